The number of rotatable bonds is 3. The third kappa shape index (κ3) is 4.06. The number of para-hydroxylation sites is 2. The van der Waals surface area contributed by atoms with Gasteiger partial charge in [-0.05, 0) is 75.8 Å². The van der Waals surface area contributed by atoms with Crippen LogP contribution in [-0.2, 0) is 0 Å². The minimum atomic E-state index is 0.670. The van der Waals surface area contributed by atoms with Crippen molar-refractivity contribution in [2.75, 3.05) is 0 Å². The van der Waals surface area contributed by atoms with Crippen molar-refractivity contribution in [3.63, 3.8) is 0 Å². The van der Waals surface area contributed by atoms with E-state index in [1.165, 1.54) is 10.8 Å². The lowest BCUT2D eigenvalue weighted by Gasteiger charge is -2.12. The van der Waals surface area contributed by atoms with Crippen molar-refractivity contribution in [2.45, 2.75) is 0 Å². The van der Waals surface area contributed by atoms with E-state index in [2.05, 4.69) is 127 Å². The lowest BCUT2D eigenvalue weighted by atomic mass is 9.97. The van der Waals surface area contributed by atoms with Gasteiger partial charge in [0.05, 0.1) is 11.2 Å². The zero-order chi connectivity index (χ0) is 32.8. The summed E-state index contributed by atoms with van der Waals surface area (Å²) in [5, 5.41) is 9.83. The first kappa shape index (κ1) is 27.2. The summed E-state index contributed by atoms with van der Waals surface area (Å²) < 4.78 is 13.0. The van der Waals surface area contributed by atoms with Crippen LogP contribution >= 0.6 is 0 Å². The van der Waals surface area contributed by atoms with Gasteiger partial charge in [-0.15, -0.1) is 0 Å². The molecule has 0 fully saturated rings. The van der Waals surface area contributed by atoms with Gasteiger partial charge in [-0.2, -0.15) is 0 Å². The first-order chi connectivity index (χ1) is 24.7. The van der Waals surface area contributed by atoms with E-state index in [4.69, 9.17) is 18.8 Å². The van der Waals surface area contributed by atoms with Gasteiger partial charge in [0, 0.05) is 43.4 Å². The summed E-state index contributed by atoms with van der Waals surface area (Å²) in [4.78, 5) is 10.5. The Labute approximate surface area is 285 Å². The highest BCUT2D eigenvalue weighted by molar-refractivity contribution is 6.19. The normalized spacial score (nSPS) is 12.0. The molecule has 0 radical (unpaired) electrons. The molecular formula is C46H26N2O2. The number of hydrogen-bond donors (Lipinski definition) is 0. The lowest BCUT2D eigenvalue weighted by Crippen LogP contribution is -1.96. The van der Waals surface area contributed by atoms with Crippen molar-refractivity contribution in [2.24, 2.45) is 0 Å². The summed E-state index contributed by atoms with van der Waals surface area (Å²) in [5.74, 6) is 0.670. The summed E-state index contributed by atoms with van der Waals surface area (Å²) in [5.41, 5.74) is 9.43. The SMILES string of the molecule is c1ccc2cc(-c3ccc4c(c3)oc3c5ccccc5c(-c5nc(-c6ccc7c(c6)oc6ccccc67)c6ccccc6n5)cc43)ccc2c1. The van der Waals surface area contributed by atoms with Crippen LogP contribution in [0, 0.1) is 0 Å². The Balaban J connectivity index is 1.12. The molecule has 0 atom stereocenters. The summed E-state index contributed by atoms with van der Waals surface area (Å²) in [7, 11) is 0. The molecule has 0 aliphatic rings. The van der Waals surface area contributed by atoms with Crippen LogP contribution in [0.15, 0.2) is 167 Å². The van der Waals surface area contributed by atoms with Gasteiger partial charge in [0.2, 0.25) is 0 Å². The predicted molar refractivity (Wildman–Crippen MR) is 205 cm³/mol. The molecule has 0 saturated heterocycles. The Bertz CT molecular complexity index is 3170. The van der Waals surface area contributed by atoms with Crippen LogP contribution in [0.25, 0.3) is 110 Å². The molecule has 232 valence electrons. The molecule has 4 nitrogen and oxygen atoms in total. The van der Waals surface area contributed by atoms with Crippen molar-refractivity contribution in [3.05, 3.63) is 158 Å². The molecule has 50 heavy (non-hydrogen) atoms. The average Bonchev–Trinajstić information content (AvgIpc) is 3.74. The minimum absolute atomic E-state index is 0.670. The van der Waals surface area contributed by atoms with E-state index in [-0.39, 0.29) is 0 Å². The molecule has 3 aromatic heterocycles. The molecule has 11 rings (SSSR count). The number of benzene rings is 8. The summed E-state index contributed by atoms with van der Waals surface area (Å²) in [6, 6.07) is 55.0. The third-order valence-electron chi connectivity index (χ3n) is 10.1. The van der Waals surface area contributed by atoms with Gasteiger partial charge in [0.15, 0.2) is 5.82 Å². The largest absolute Gasteiger partial charge is 0.456 e. The average molecular weight is 639 g/mol. The highest BCUT2D eigenvalue weighted by Crippen LogP contribution is 2.42. The van der Waals surface area contributed by atoms with Crippen LogP contribution in [0.4, 0.5) is 0 Å². The van der Waals surface area contributed by atoms with Crippen LogP contribution < -0.4 is 0 Å². The van der Waals surface area contributed by atoms with Crippen molar-refractivity contribution in [1.29, 1.82) is 0 Å². The van der Waals surface area contributed by atoms with E-state index in [0.717, 1.165) is 93.5 Å². The Hall–Kier alpha value is -6.78. The Morgan fingerprint density at radius 3 is 1.88 bits per heavy atom. The maximum Gasteiger partial charge on any atom is 0.161 e. The van der Waals surface area contributed by atoms with E-state index in [1.54, 1.807) is 0 Å². The summed E-state index contributed by atoms with van der Waals surface area (Å²) in [6.45, 7) is 0. The Kier molecular flexibility index (Phi) is 5.63. The molecule has 0 bridgehead atoms. The number of aromatic nitrogens is 2. The van der Waals surface area contributed by atoms with Gasteiger partial charge in [-0.3, -0.25) is 0 Å². The number of hydrogen-bond acceptors (Lipinski definition) is 4. The molecule has 0 unspecified atom stereocenters. The fourth-order valence-electron chi connectivity index (χ4n) is 7.62. The minimum Gasteiger partial charge on any atom is -0.456 e. The van der Waals surface area contributed by atoms with Crippen LogP contribution in [0.2, 0.25) is 0 Å². The first-order valence-corrected chi connectivity index (χ1v) is 16.8. The highest BCUT2D eigenvalue weighted by Gasteiger charge is 2.19. The van der Waals surface area contributed by atoms with Crippen molar-refractivity contribution >= 4 is 76.3 Å². The number of fused-ring (bicyclic) bond motifs is 10. The molecule has 0 saturated carbocycles. The van der Waals surface area contributed by atoms with Gasteiger partial charge in [-0.1, -0.05) is 109 Å². The molecule has 0 aliphatic heterocycles. The summed E-state index contributed by atoms with van der Waals surface area (Å²) in [6.07, 6.45) is 0. The molecule has 0 spiro atoms. The molecule has 11 aromatic rings. The second-order valence-electron chi connectivity index (χ2n) is 12.9. The van der Waals surface area contributed by atoms with E-state index in [1.807, 2.05) is 30.3 Å². The number of nitrogens with zero attached hydrogens (tertiary/aromatic N) is 2. The maximum absolute atomic E-state index is 6.68. The smallest absolute Gasteiger partial charge is 0.161 e. The van der Waals surface area contributed by atoms with Crippen LogP contribution in [-0.4, -0.2) is 9.97 Å². The molecular weight excluding hydrogens is 613 g/mol. The van der Waals surface area contributed by atoms with Gasteiger partial charge in [-0.25, -0.2) is 9.97 Å². The zero-order valence-electron chi connectivity index (χ0n) is 26.7. The standard InChI is InChI=1S/C46H26N2O2/c1-2-10-28-23-29(18-17-27(28)9-1)30-19-21-35-38-26-39(32-11-3-4-13-36(32)45(38)50-43(35)24-30)46-47-40-15-7-5-14-37(40)44(48-46)31-20-22-34-33-12-6-8-16-41(33)49-42(34)25-31/h1-26H. The monoisotopic (exact) mass is 638 g/mol. The fourth-order valence-corrected chi connectivity index (χ4v) is 7.62. The van der Waals surface area contributed by atoms with Crippen molar-refractivity contribution in [1.82, 2.24) is 9.97 Å². The topological polar surface area (TPSA) is 52.1 Å². The predicted octanol–water partition coefficient (Wildman–Crippen LogP) is 12.7. The van der Waals surface area contributed by atoms with Crippen LogP contribution in [0.1, 0.15) is 0 Å². The van der Waals surface area contributed by atoms with Crippen LogP contribution in [0.5, 0.6) is 0 Å². The van der Waals surface area contributed by atoms with E-state index >= 15 is 0 Å². The zero-order valence-corrected chi connectivity index (χ0v) is 26.7. The Morgan fingerprint density at radius 1 is 0.360 bits per heavy atom. The van der Waals surface area contributed by atoms with Crippen molar-refractivity contribution < 1.29 is 8.83 Å². The number of furan rings is 2. The molecule has 4 heteroatoms. The molecule has 0 amide bonds. The van der Waals surface area contributed by atoms with Crippen molar-refractivity contribution in [3.8, 4) is 33.8 Å². The van der Waals surface area contributed by atoms with Gasteiger partial charge in [0.1, 0.15) is 22.3 Å². The highest BCUT2D eigenvalue weighted by atomic mass is 16.3. The van der Waals surface area contributed by atoms with Gasteiger partial charge < -0.3 is 8.83 Å². The fraction of sp³-hybridized carbons (Fsp3) is 0. The van der Waals surface area contributed by atoms with Gasteiger partial charge >= 0.3 is 0 Å². The van der Waals surface area contributed by atoms with Crippen LogP contribution in [0.3, 0.4) is 0 Å². The van der Waals surface area contributed by atoms with Gasteiger partial charge in [0.25, 0.3) is 0 Å². The quantitative estimate of drug-likeness (QED) is 0.193. The van der Waals surface area contributed by atoms with E-state index < -0.39 is 0 Å². The lowest BCUT2D eigenvalue weighted by molar-refractivity contribution is 0.669. The summed E-state index contributed by atoms with van der Waals surface area (Å²) >= 11 is 0. The molecule has 0 N–H and O–H groups in total. The van der Waals surface area contributed by atoms with E-state index in [9.17, 15) is 0 Å². The second-order valence-corrected chi connectivity index (χ2v) is 12.9. The first-order valence-electron chi connectivity index (χ1n) is 16.8. The second kappa shape index (κ2) is 10.4. The third-order valence-corrected chi connectivity index (χ3v) is 10.1. The molecule has 0 aliphatic carbocycles. The Morgan fingerprint density at radius 2 is 0.980 bits per heavy atom. The molecule has 3 heterocycles. The molecule has 8 aromatic carbocycles. The van der Waals surface area contributed by atoms with E-state index in [0.29, 0.717) is 5.82 Å². The maximum atomic E-state index is 6.68.